The molecule has 2 atom stereocenters. The van der Waals surface area contributed by atoms with E-state index in [4.69, 9.17) is 0 Å². The van der Waals surface area contributed by atoms with Gasteiger partial charge in [-0.15, -0.1) is 0 Å². The van der Waals surface area contributed by atoms with Crippen LogP contribution in [0.5, 0.6) is 0 Å². The third kappa shape index (κ3) is 3.50. The number of amides is 1. The van der Waals surface area contributed by atoms with Gasteiger partial charge in [0.2, 0.25) is 5.91 Å². The average molecular weight is 278 g/mol. The largest absolute Gasteiger partial charge is 0.335 e. The zero-order valence-corrected chi connectivity index (χ0v) is 12.5. The van der Waals surface area contributed by atoms with Gasteiger partial charge in [0.1, 0.15) is 0 Å². The highest BCUT2D eigenvalue weighted by Crippen LogP contribution is 2.31. The second-order valence-corrected chi connectivity index (χ2v) is 6.23. The molecule has 1 aromatic heterocycles. The van der Waals surface area contributed by atoms with Crippen molar-refractivity contribution in [1.29, 1.82) is 0 Å². The van der Waals surface area contributed by atoms with Gasteiger partial charge in [-0.3, -0.25) is 9.78 Å². The smallest absolute Gasteiger partial charge is 0.235 e. The number of hydrogen-bond donors (Lipinski definition) is 0. The zero-order valence-electron chi connectivity index (χ0n) is 11.7. The van der Waals surface area contributed by atoms with Crippen molar-refractivity contribution in [2.75, 3.05) is 12.8 Å². The highest BCUT2D eigenvalue weighted by molar-refractivity contribution is 7.99. The van der Waals surface area contributed by atoms with E-state index in [-0.39, 0.29) is 17.2 Å². The Morgan fingerprint density at radius 1 is 1.37 bits per heavy atom. The molecule has 19 heavy (non-hydrogen) atoms. The van der Waals surface area contributed by atoms with Gasteiger partial charge >= 0.3 is 0 Å². The lowest BCUT2D eigenvalue weighted by Crippen LogP contribution is -2.39. The normalized spacial score (nSPS) is 21.8. The van der Waals surface area contributed by atoms with E-state index in [1.54, 1.807) is 11.8 Å². The van der Waals surface area contributed by atoms with Crippen molar-refractivity contribution in [1.82, 2.24) is 9.88 Å². The molecule has 1 fully saturated rings. The van der Waals surface area contributed by atoms with Crippen LogP contribution in [-0.4, -0.2) is 33.8 Å². The molecule has 0 aliphatic carbocycles. The number of thioether (sulfide) groups is 1. The van der Waals surface area contributed by atoms with Gasteiger partial charge in [-0.1, -0.05) is 12.8 Å². The molecular formula is C15H22N2OS. The van der Waals surface area contributed by atoms with Crippen LogP contribution in [0.25, 0.3) is 0 Å². The van der Waals surface area contributed by atoms with E-state index in [1.807, 2.05) is 37.7 Å². The number of likely N-dealkylation sites (tertiary alicyclic amines) is 1. The number of nitrogens with zero attached hydrogens (tertiary/aromatic N) is 2. The maximum absolute atomic E-state index is 12.6. The lowest BCUT2D eigenvalue weighted by atomic mass is 10.0. The van der Waals surface area contributed by atoms with Crippen molar-refractivity contribution in [2.24, 2.45) is 0 Å². The average Bonchev–Trinajstić information content (AvgIpc) is 2.72. The van der Waals surface area contributed by atoms with Gasteiger partial charge in [-0.05, 0) is 43.7 Å². The minimum atomic E-state index is 0.0439. The predicted octanol–water partition coefficient (Wildman–Crippen LogP) is 3.28. The molecule has 2 heterocycles. The second kappa shape index (κ2) is 6.94. The molecule has 1 aliphatic heterocycles. The standard InChI is InChI=1S/C15H22N2OS/c1-12(19-2)15(18)17-11-5-3-4-6-14(17)13-7-9-16-10-8-13/h7-10,12,14H,3-6,11H2,1-2H3. The number of carbonyl (C=O) groups excluding carboxylic acids is 1. The van der Waals surface area contributed by atoms with Crippen molar-refractivity contribution in [3.8, 4) is 0 Å². The van der Waals surface area contributed by atoms with Crippen LogP contribution in [0.15, 0.2) is 24.5 Å². The molecule has 1 aromatic rings. The Bertz CT molecular complexity index is 410. The molecule has 1 aliphatic rings. The first-order valence-corrected chi connectivity index (χ1v) is 8.26. The number of carbonyl (C=O) groups is 1. The molecule has 0 saturated carbocycles. The summed E-state index contributed by atoms with van der Waals surface area (Å²) in [4.78, 5) is 18.7. The molecule has 0 bridgehead atoms. The summed E-state index contributed by atoms with van der Waals surface area (Å²) >= 11 is 1.63. The Morgan fingerprint density at radius 2 is 2.11 bits per heavy atom. The van der Waals surface area contributed by atoms with E-state index in [1.165, 1.54) is 18.4 Å². The summed E-state index contributed by atoms with van der Waals surface area (Å²) in [6.45, 7) is 2.89. The first kappa shape index (κ1) is 14.4. The van der Waals surface area contributed by atoms with Gasteiger partial charge in [-0.25, -0.2) is 0 Å². The second-order valence-electron chi connectivity index (χ2n) is 5.06. The van der Waals surface area contributed by atoms with E-state index >= 15 is 0 Å². The summed E-state index contributed by atoms with van der Waals surface area (Å²) < 4.78 is 0. The molecule has 1 amide bonds. The Morgan fingerprint density at radius 3 is 2.79 bits per heavy atom. The first-order valence-electron chi connectivity index (χ1n) is 6.97. The SMILES string of the molecule is CSC(C)C(=O)N1CCCCCC1c1ccncc1. The van der Waals surface area contributed by atoms with Crippen LogP contribution in [0.1, 0.15) is 44.2 Å². The van der Waals surface area contributed by atoms with E-state index < -0.39 is 0 Å². The highest BCUT2D eigenvalue weighted by atomic mass is 32.2. The van der Waals surface area contributed by atoms with Gasteiger partial charge in [0, 0.05) is 18.9 Å². The molecule has 104 valence electrons. The van der Waals surface area contributed by atoms with Gasteiger partial charge in [0.05, 0.1) is 11.3 Å². The van der Waals surface area contributed by atoms with E-state index in [2.05, 4.69) is 9.88 Å². The van der Waals surface area contributed by atoms with Gasteiger partial charge < -0.3 is 4.90 Å². The fourth-order valence-electron chi connectivity index (χ4n) is 2.64. The molecule has 2 unspecified atom stereocenters. The van der Waals surface area contributed by atoms with Crippen LogP contribution in [0.4, 0.5) is 0 Å². The lowest BCUT2D eigenvalue weighted by Gasteiger charge is -2.32. The first-order chi connectivity index (χ1) is 9.24. The third-order valence-corrected chi connectivity index (χ3v) is 4.74. The Balaban J connectivity index is 2.23. The van der Waals surface area contributed by atoms with Crippen molar-refractivity contribution in [2.45, 2.75) is 43.9 Å². The lowest BCUT2D eigenvalue weighted by molar-refractivity contribution is -0.132. The molecular weight excluding hydrogens is 256 g/mol. The highest BCUT2D eigenvalue weighted by Gasteiger charge is 2.29. The van der Waals surface area contributed by atoms with Crippen LogP contribution in [0.3, 0.4) is 0 Å². The van der Waals surface area contributed by atoms with Crippen molar-refractivity contribution >= 4 is 17.7 Å². The quantitative estimate of drug-likeness (QED) is 0.850. The minimum absolute atomic E-state index is 0.0439. The van der Waals surface area contributed by atoms with Crippen molar-refractivity contribution in [3.05, 3.63) is 30.1 Å². The molecule has 2 rings (SSSR count). The van der Waals surface area contributed by atoms with Crippen LogP contribution in [0.2, 0.25) is 0 Å². The predicted molar refractivity (Wildman–Crippen MR) is 80.1 cm³/mol. The minimum Gasteiger partial charge on any atom is -0.335 e. The Labute approximate surface area is 119 Å². The Kier molecular flexibility index (Phi) is 5.25. The van der Waals surface area contributed by atoms with Crippen LogP contribution in [-0.2, 0) is 4.79 Å². The van der Waals surface area contributed by atoms with Gasteiger partial charge in [-0.2, -0.15) is 11.8 Å². The maximum Gasteiger partial charge on any atom is 0.235 e. The fourth-order valence-corrected chi connectivity index (χ4v) is 2.98. The molecule has 0 spiro atoms. The number of pyridine rings is 1. The summed E-state index contributed by atoms with van der Waals surface area (Å²) in [6.07, 6.45) is 10.2. The van der Waals surface area contributed by atoms with E-state index in [0.717, 1.165) is 19.4 Å². The van der Waals surface area contributed by atoms with Crippen molar-refractivity contribution < 1.29 is 4.79 Å². The van der Waals surface area contributed by atoms with Crippen LogP contribution < -0.4 is 0 Å². The summed E-state index contributed by atoms with van der Waals surface area (Å²) in [5.74, 6) is 0.274. The monoisotopic (exact) mass is 278 g/mol. The topological polar surface area (TPSA) is 33.2 Å². The van der Waals surface area contributed by atoms with E-state index in [0.29, 0.717) is 0 Å². The Hall–Kier alpha value is -1.03. The van der Waals surface area contributed by atoms with Crippen LogP contribution in [0, 0.1) is 0 Å². The fraction of sp³-hybridized carbons (Fsp3) is 0.600. The number of rotatable bonds is 3. The van der Waals surface area contributed by atoms with Crippen LogP contribution >= 0.6 is 11.8 Å². The molecule has 4 heteroatoms. The molecule has 0 N–H and O–H groups in total. The number of aromatic nitrogens is 1. The number of hydrogen-bond acceptors (Lipinski definition) is 3. The molecule has 3 nitrogen and oxygen atoms in total. The van der Waals surface area contributed by atoms with Gasteiger partial charge in [0.15, 0.2) is 0 Å². The van der Waals surface area contributed by atoms with E-state index in [9.17, 15) is 4.79 Å². The maximum atomic E-state index is 12.6. The van der Waals surface area contributed by atoms with Gasteiger partial charge in [0.25, 0.3) is 0 Å². The summed E-state index contributed by atoms with van der Waals surface area (Å²) in [7, 11) is 0. The summed E-state index contributed by atoms with van der Waals surface area (Å²) in [5.41, 5.74) is 1.22. The zero-order chi connectivity index (χ0) is 13.7. The molecule has 0 radical (unpaired) electrons. The molecule has 0 aromatic carbocycles. The summed E-state index contributed by atoms with van der Waals surface area (Å²) in [6, 6.07) is 4.31. The molecule has 1 saturated heterocycles. The third-order valence-electron chi connectivity index (χ3n) is 3.83. The summed E-state index contributed by atoms with van der Waals surface area (Å²) in [5, 5.41) is 0.0439. The van der Waals surface area contributed by atoms with Crippen molar-refractivity contribution in [3.63, 3.8) is 0 Å².